The first-order valence-electron chi connectivity index (χ1n) is 17.2. The lowest BCUT2D eigenvalue weighted by Gasteiger charge is -2.41. The first kappa shape index (κ1) is 31.1. The second kappa shape index (κ2) is 15.9. The fraction of sp³-hybridized carbons (Fsp3) is 0.318. The van der Waals surface area contributed by atoms with Gasteiger partial charge in [0.05, 0.1) is 6.10 Å². The van der Waals surface area contributed by atoms with Gasteiger partial charge < -0.3 is 4.74 Å². The van der Waals surface area contributed by atoms with Crippen molar-refractivity contribution in [1.29, 1.82) is 0 Å². The van der Waals surface area contributed by atoms with Gasteiger partial charge in [0.15, 0.2) is 0 Å². The minimum Gasteiger partial charge on any atom is -0.373 e. The maximum atomic E-state index is 7.05. The lowest BCUT2D eigenvalue weighted by molar-refractivity contribution is -0.0220. The third-order valence-electron chi connectivity index (χ3n) is 10.2. The van der Waals surface area contributed by atoms with E-state index in [-0.39, 0.29) is 11.5 Å². The first-order valence-corrected chi connectivity index (χ1v) is 17.2. The zero-order chi connectivity index (χ0) is 30.6. The standard InChI is InChI=1S/C44H48O/c1-7-20-36(21-8-1)22-19-35-45-43(38-25-11-3-12-26-38)42(37-23-9-2-10-24-37)33-34-44(39-27-13-4-14-28-39,40-29-15-5-16-30-40)41-31-17-6-18-32-41/h1,3-8,11-18,20-21,25-32,37,42-43H,2,9-10,19,22-24,33-35H2. The van der Waals surface area contributed by atoms with Crippen LogP contribution < -0.4 is 0 Å². The highest BCUT2D eigenvalue weighted by Gasteiger charge is 2.39. The molecule has 6 rings (SSSR count). The molecule has 0 radical (unpaired) electrons. The highest BCUT2D eigenvalue weighted by molar-refractivity contribution is 5.50. The molecule has 5 aromatic rings. The zero-order valence-corrected chi connectivity index (χ0v) is 26.6. The van der Waals surface area contributed by atoms with Gasteiger partial charge in [-0.1, -0.05) is 184 Å². The zero-order valence-electron chi connectivity index (χ0n) is 26.6. The number of rotatable bonds is 14. The summed E-state index contributed by atoms with van der Waals surface area (Å²) in [7, 11) is 0. The van der Waals surface area contributed by atoms with E-state index >= 15 is 0 Å². The Morgan fingerprint density at radius 3 is 1.53 bits per heavy atom. The van der Waals surface area contributed by atoms with Crippen molar-refractivity contribution in [3.8, 4) is 0 Å². The summed E-state index contributed by atoms with van der Waals surface area (Å²) in [5.74, 6) is 1.11. The predicted octanol–water partition coefficient (Wildman–Crippen LogP) is 11.4. The Morgan fingerprint density at radius 1 is 0.556 bits per heavy atom. The second-order valence-electron chi connectivity index (χ2n) is 12.9. The third-order valence-corrected chi connectivity index (χ3v) is 10.2. The molecule has 1 aliphatic rings. The quantitative estimate of drug-likeness (QED) is 0.0920. The van der Waals surface area contributed by atoms with Gasteiger partial charge in [-0.05, 0) is 65.3 Å². The minimum absolute atomic E-state index is 0.0880. The van der Waals surface area contributed by atoms with E-state index in [2.05, 4.69) is 152 Å². The summed E-state index contributed by atoms with van der Waals surface area (Å²) >= 11 is 0. The highest BCUT2D eigenvalue weighted by Crippen LogP contribution is 2.48. The second-order valence-corrected chi connectivity index (χ2v) is 12.9. The predicted molar refractivity (Wildman–Crippen MR) is 188 cm³/mol. The molecular weight excluding hydrogens is 544 g/mol. The Labute approximate surface area is 271 Å². The molecule has 2 unspecified atom stereocenters. The number of benzene rings is 5. The summed E-state index contributed by atoms with van der Waals surface area (Å²) in [6, 6.07) is 55.6. The van der Waals surface area contributed by atoms with Gasteiger partial charge in [0, 0.05) is 12.0 Å². The van der Waals surface area contributed by atoms with Gasteiger partial charge in [-0.25, -0.2) is 0 Å². The van der Waals surface area contributed by atoms with Crippen LogP contribution in [-0.4, -0.2) is 6.61 Å². The van der Waals surface area contributed by atoms with Crippen LogP contribution in [0.2, 0.25) is 0 Å². The van der Waals surface area contributed by atoms with Gasteiger partial charge in [-0.2, -0.15) is 0 Å². The molecule has 0 amide bonds. The Balaban J connectivity index is 1.36. The summed E-state index contributed by atoms with van der Waals surface area (Å²) in [6.07, 6.45) is 10.9. The maximum absolute atomic E-state index is 7.05. The lowest BCUT2D eigenvalue weighted by atomic mass is 9.64. The molecule has 0 bridgehead atoms. The average Bonchev–Trinajstić information content (AvgIpc) is 3.13. The SMILES string of the molecule is c1ccc(CCCOC(c2ccccc2)C(CCC(c2ccccc2)(c2ccccc2)c2ccccc2)C2CCCCC2)cc1. The van der Waals surface area contributed by atoms with Gasteiger partial charge >= 0.3 is 0 Å². The number of hydrogen-bond donors (Lipinski definition) is 0. The van der Waals surface area contributed by atoms with Crippen molar-refractivity contribution in [2.45, 2.75) is 69.3 Å². The molecule has 5 aromatic carbocycles. The molecule has 0 spiro atoms. The van der Waals surface area contributed by atoms with E-state index in [0.717, 1.165) is 32.3 Å². The van der Waals surface area contributed by atoms with E-state index < -0.39 is 0 Å². The molecule has 1 aliphatic carbocycles. The molecule has 2 atom stereocenters. The monoisotopic (exact) mass is 592 g/mol. The number of hydrogen-bond acceptors (Lipinski definition) is 1. The minimum atomic E-state index is -0.245. The third kappa shape index (κ3) is 7.66. The van der Waals surface area contributed by atoms with Crippen LogP contribution in [0.4, 0.5) is 0 Å². The Hall–Kier alpha value is -3.94. The van der Waals surface area contributed by atoms with Crippen molar-refractivity contribution in [3.63, 3.8) is 0 Å². The first-order chi connectivity index (χ1) is 22.3. The summed E-state index contributed by atoms with van der Waals surface area (Å²) < 4.78 is 7.05. The molecule has 0 aliphatic heterocycles. The van der Waals surface area contributed by atoms with Gasteiger partial charge in [0.1, 0.15) is 0 Å². The normalized spacial score (nSPS) is 15.4. The van der Waals surface area contributed by atoms with E-state index in [1.54, 1.807) is 0 Å². The van der Waals surface area contributed by atoms with Crippen molar-refractivity contribution in [2.24, 2.45) is 11.8 Å². The van der Waals surface area contributed by atoms with Crippen LogP contribution in [0.1, 0.15) is 85.3 Å². The molecule has 1 fully saturated rings. The van der Waals surface area contributed by atoms with Crippen LogP contribution in [-0.2, 0) is 16.6 Å². The van der Waals surface area contributed by atoms with E-state index in [1.807, 2.05) is 0 Å². The summed E-state index contributed by atoms with van der Waals surface area (Å²) in [5, 5.41) is 0. The fourth-order valence-corrected chi connectivity index (χ4v) is 7.92. The van der Waals surface area contributed by atoms with Crippen LogP contribution in [0, 0.1) is 11.8 Å². The molecule has 0 saturated heterocycles. The van der Waals surface area contributed by atoms with Crippen LogP contribution in [0.25, 0.3) is 0 Å². The number of ether oxygens (including phenoxy) is 1. The topological polar surface area (TPSA) is 9.23 Å². The molecule has 0 aromatic heterocycles. The molecule has 0 N–H and O–H groups in total. The van der Waals surface area contributed by atoms with E-state index in [1.165, 1.54) is 59.9 Å². The molecule has 1 nitrogen and oxygen atoms in total. The lowest BCUT2D eigenvalue weighted by Crippen LogP contribution is -2.33. The Bertz CT molecular complexity index is 1410. The van der Waals surface area contributed by atoms with E-state index in [9.17, 15) is 0 Å². The highest BCUT2D eigenvalue weighted by atomic mass is 16.5. The van der Waals surface area contributed by atoms with Crippen LogP contribution in [0.3, 0.4) is 0 Å². The van der Waals surface area contributed by atoms with Crippen molar-refractivity contribution >= 4 is 0 Å². The molecule has 0 heterocycles. The molecule has 45 heavy (non-hydrogen) atoms. The van der Waals surface area contributed by atoms with Crippen LogP contribution >= 0.6 is 0 Å². The average molecular weight is 593 g/mol. The number of aryl methyl sites for hydroxylation is 1. The largest absolute Gasteiger partial charge is 0.373 e. The summed E-state index contributed by atoms with van der Waals surface area (Å²) in [6.45, 7) is 0.777. The van der Waals surface area contributed by atoms with Crippen molar-refractivity contribution in [2.75, 3.05) is 6.61 Å². The van der Waals surface area contributed by atoms with Gasteiger partial charge in [-0.15, -0.1) is 0 Å². The van der Waals surface area contributed by atoms with Crippen LogP contribution in [0.15, 0.2) is 152 Å². The molecule has 1 heteroatoms. The fourth-order valence-electron chi connectivity index (χ4n) is 7.92. The molecule has 1 saturated carbocycles. The van der Waals surface area contributed by atoms with Gasteiger partial charge in [0.25, 0.3) is 0 Å². The smallest absolute Gasteiger partial charge is 0.0855 e. The van der Waals surface area contributed by atoms with E-state index in [4.69, 9.17) is 4.74 Å². The van der Waals surface area contributed by atoms with Crippen molar-refractivity contribution in [1.82, 2.24) is 0 Å². The van der Waals surface area contributed by atoms with E-state index in [0.29, 0.717) is 11.8 Å². The maximum Gasteiger partial charge on any atom is 0.0855 e. The van der Waals surface area contributed by atoms with Crippen molar-refractivity contribution < 1.29 is 4.74 Å². The Morgan fingerprint density at radius 2 is 1.02 bits per heavy atom. The van der Waals surface area contributed by atoms with Crippen molar-refractivity contribution in [3.05, 3.63) is 179 Å². The van der Waals surface area contributed by atoms with Gasteiger partial charge in [0.2, 0.25) is 0 Å². The van der Waals surface area contributed by atoms with Gasteiger partial charge in [-0.3, -0.25) is 0 Å². The molecule has 230 valence electrons. The summed E-state index contributed by atoms with van der Waals surface area (Å²) in [5.41, 5.74) is 6.57. The Kier molecular flexibility index (Phi) is 11.0. The summed E-state index contributed by atoms with van der Waals surface area (Å²) in [4.78, 5) is 0. The van der Waals surface area contributed by atoms with Crippen LogP contribution in [0.5, 0.6) is 0 Å². The molecular formula is C44H48O.